The van der Waals surface area contributed by atoms with E-state index < -0.39 is 47.5 Å². The monoisotopic (exact) mass is 354 g/mol. The number of hydrogen-bond donors (Lipinski definition) is 2. The maximum absolute atomic E-state index is 12.3. The number of allylic oxidation sites excluding steroid dienone is 4. The minimum Gasteiger partial charge on any atom is -0.481 e. The summed E-state index contributed by atoms with van der Waals surface area (Å²) in [6.07, 6.45) is 6.80. The van der Waals surface area contributed by atoms with E-state index in [-0.39, 0.29) is 12.8 Å². The van der Waals surface area contributed by atoms with Crippen molar-refractivity contribution < 1.29 is 34.1 Å². The quantitative estimate of drug-likeness (QED) is 0.352. The molecule has 0 aromatic carbocycles. The van der Waals surface area contributed by atoms with Gasteiger partial charge in [0.1, 0.15) is 0 Å². The SMILES string of the molecule is C/C=C/CC(C(=O)OC(=O)C(C/C=C/C)C(C)C(=O)O)C(C)C(=O)O. The molecular formula is C18H26O7. The van der Waals surface area contributed by atoms with Crippen molar-refractivity contribution in [2.75, 3.05) is 0 Å². The summed E-state index contributed by atoms with van der Waals surface area (Å²) in [6, 6.07) is 0. The van der Waals surface area contributed by atoms with Crippen molar-refractivity contribution in [3.63, 3.8) is 0 Å². The first kappa shape index (κ1) is 22.6. The summed E-state index contributed by atoms with van der Waals surface area (Å²) in [5.41, 5.74) is 0. The molecular weight excluding hydrogens is 328 g/mol. The minimum atomic E-state index is -1.18. The van der Waals surface area contributed by atoms with Crippen LogP contribution in [0.15, 0.2) is 24.3 Å². The molecule has 4 unspecified atom stereocenters. The van der Waals surface area contributed by atoms with Crippen LogP contribution >= 0.6 is 0 Å². The first-order chi connectivity index (χ1) is 11.7. The van der Waals surface area contributed by atoms with Gasteiger partial charge in [0.15, 0.2) is 0 Å². The molecule has 2 N–H and O–H groups in total. The Labute approximate surface area is 147 Å². The van der Waals surface area contributed by atoms with Crippen molar-refractivity contribution >= 4 is 23.9 Å². The Hall–Kier alpha value is -2.44. The Morgan fingerprint density at radius 2 is 1.12 bits per heavy atom. The Morgan fingerprint density at radius 3 is 1.36 bits per heavy atom. The maximum Gasteiger partial charge on any atom is 0.317 e. The van der Waals surface area contributed by atoms with Gasteiger partial charge in [-0.15, -0.1) is 0 Å². The zero-order valence-electron chi connectivity index (χ0n) is 15.0. The van der Waals surface area contributed by atoms with Crippen molar-refractivity contribution in [1.82, 2.24) is 0 Å². The molecule has 7 nitrogen and oxygen atoms in total. The van der Waals surface area contributed by atoms with Gasteiger partial charge in [-0.2, -0.15) is 0 Å². The summed E-state index contributed by atoms with van der Waals surface area (Å²) in [6.45, 7) is 6.17. The zero-order valence-corrected chi connectivity index (χ0v) is 15.0. The van der Waals surface area contributed by atoms with Crippen molar-refractivity contribution in [2.45, 2.75) is 40.5 Å². The molecule has 0 spiro atoms. The van der Waals surface area contributed by atoms with E-state index in [0.29, 0.717) is 0 Å². The number of rotatable bonds is 10. The summed E-state index contributed by atoms with van der Waals surface area (Å²) in [4.78, 5) is 46.9. The highest BCUT2D eigenvalue weighted by atomic mass is 16.6. The Morgan fingerprint density at radius 1 is 0.800 bits per heavy atom. The number of hydrogen-bond acceptors (Lipinski definition) is 5. The van der Waals surface area contributed by atoms with E-state index >= 15 is 0 Å². The van der Waals surface area contributed by atoms with Crippen LogP contribution in [-0.4, -0.2) is 34.1 Å². The molecule has 0 saturated heterocycles. The van der Waals surface area contributed by atoms with E-state index in [1.807, 2.05) is 0 Å². The van der Waals surface area contributed by atoms with Crippen LogP contribution in [0.25, 0.3) is 0 Å². The molecule has 0 aromatic heterocycles. The van der Waals surface area contributed by atoms with Gasteiger partial charge in [0, 0.05) is 0 Å². The van der Waals surface area contributed by atoms with E-state index in [1.54, 1.807) is 38.2 Å². The lowest BCUT2D eigenvalue weighted by molar-refractivity contribution is -0.171. The molecule has 7 heteroatoms. The van der Waals surface area contributed by atoms with Crippen LogP contribution in [-0.2, 0) is 23.9 Å². The predicted molar refractivity (Wildman–Crippen MR) is 90.5 cm³/mol. The summed E-state index contributed by atoms with van der Waals surface area (Å²) >= 11 is 0. The van der Waals surface area contributed by atoms with Gasteiger partial charge in [-0.25, -0.2) is 0 Å². The number of esters is 2. The highest BCUT2D eigenvalue weighted by molar-refractivity contribution is 5.92. The second-order valence-electron chi connectivity index (χ2n) is 5.82. The van der Waals surface area contributed by atoms with Gasteiger partial charge >= 0.3 is 23.9 Å². The summed E-state index contributed by atoms with van der Waals surface area (Å²) in [5.74, 6) is -8.40. The number of aliphatic carboxylic acids is 2. The molecule has 0 aliphatic heterocycles. The third-order valence-corrected chi connectivity index (χ3v) is 4.04. The fourth-order valence-corrected chi connectivity index (χ4v) is 2.17. The molecule has 140 valence electrons. The molecule has 0 heterocycles. The normalized spacial score (nSPS) is 16.3. The molecule has 0 amide bonds. The zero-order chi connectivity index (χ0) is 19.6. The molecule has 0 radical (unpaired) electrons. The standard InChI is InChI=1S/C18H26O7/c1-5-7-9-13(11(3)15(19)20)17(23)25-18(24)14(10-8-6-2)12(4)16(21)22/h5-8,11-14H,9-10H2,1-4H3,(H,19,20)(H,21,22)/b7-5+,8-6+. The molecule has 0 bridgehead atoms. The minimum absolute atomic E-state index is 0.115. The van der Waals surface area contributed by atoms with Crippen LogP contribution in [0.5, 0.6) is 0 Å². The molecule has 0 rings (SSSR count). The molecule has 4 atom stereocenters. The first-order valence-corrected chi connectivity index (χ1v) is 8.10. The van der Waals surface area contributed by atoms with E-state index in [4.69, 9.17) is 14.9 Å². The van der Waals surface area contributed by atoms with Gasteiger partial charge < -0.3 is 14.9 Å². The molecule has 0 aliphatic carbocycles. The fraction of sp³-hybridized carbons (Fsp3) is 0.556. The van der Waals surface area contributed by atoms with Crippen molar-refractivity contribution in [2.24, 2.45) is 23.7 Å². The van der Waals surface area contributed by atoms with E-state index in [9.17, 15) is 19.2 Å². The first-order valence-electron chi connectivity index (χ1n) is 8.10. The second kappa shape index (κ2) is 11.2. The van der Waals surface area contributed by atoms with Crippen molar-refractivity contribution in [1.29, 1.82) is 0 Å². The lowest BCUT2D eigenvalue weighted by atomic mass is 9.89. The third kappa shape index (κ3) is 7.32. The molecule has 0 aromatic rings. The number of carbonyl (C=O) groups is 4. The Bertz CT molecular complexity index is 500. The Balaban J connectivity index is 5.29. The van der Waals surface area contributed by atoms with Crippen molar-refractivity contribution in [3.8, 4) is 0 Å². The van der Waals surface area contributed by atoms with E-state index in [0.717, 1.165) is 0 Å². The highest BCUT2D eigenvalue weighted by Gasteiger charge is 2.36. The van der Waals surface area contributed by atoms with Crippen LogP contribution in [0.3, 0.4) is 0 Å². The van der Waals surface area contributed by atoms with Crippen LogP contribution in [0.4, 0.5) is 0 Å². The number of carboxylic acid groups (broad SMARTS) is 2. The summed E-state index contributed by atoms with van der Waals surface area (Å²) in [7, 11) is 0. The number of ether oxygens (including phenoxy) is 1. The van der Waals surface area contributed by atoms with Gasteiger partial charge in [-0.05, 0) is 26.7 Å². The van der Waals surface area contributed by atoms with Gasteiger partial charge in [-0.3, -0.25) is 19.2 Å². The van der Waals surface area contributed by atoms with Gasteiger partial charge in [0.05, 0.1) is 23.7 Å². The lowest BCUT2D eigenvalue weighted by Gasteiger charge is -2.21. The van der Waals surface area contributed by atoms with Gasteiger partial charge in [0.2, 0.25) is 0 Å². The third-order valence-electron chi connectivity index (χ3n) is 4.04. The molecule has 0 saturated carbocycles. The average molecular weight is 354 g/mol. The topological polar surface area (TPSA) is 118 Å². The second-order valence-corrected chi connectivity index (χ2v) is 5.82. The maximum atomic E-state index is 12.3. The average Bonchev–Trinajstić information content (AvgIpc) is 2.54. The highest BCUT2D eigenvalue weighted by Crippen LogP contribution is 2.23. The largest absolute Gasteiger partial charge is 0.481 e. The predicted octanol–water partition coefficient (Wildman–Crippen LogP) is 2.66. The van der Waals surface area contributed by atoms with Crippen LogP contribution < -0.4 is 0 Å². The number of carbonyl (C=O) groups excluding carboxylic acids is 2. The van der Waals surface area contributed by atoms with Gasteiger partial charge in [-0.1, -0.05) is 38.2 Å². The Kier molecular flexibility index (Phi) is 10.1. The van der Waals surface area contributed by atoms with Crippen LogP contribution in [0, 0.1) is 23.7 Å². The fourth-order valence-electron chi connectivity index (χ4n) is 2.17. The smallest absolute Gasteiger partial charge is 0.317 e. The van der Waals surface area contributed by atoms with Crippen molar-refractivity contribution in [3.05, 3.63) is 24.3 Å². The molecule has 25 heavy (non-hydrogen) atoms. The van der Waals surface area contributed by atoms with E-state index in [2.05, 4.69) is 0 Å². The lowest BCUT2D eigenvalue weighted by Crippen LogP contribution is -2.35. The summed E-state index contributed by atoms with van der Waals surface area (Å²) in [5, 5.41) is 18.2. The number of carboxylic acids is 2. The summed E-state index contributed by atoms with van der Waals surface area (Å²) < 4.78 is 4.84. The molecule has 0 aliphatic rings. The van der Waals surface area contributed by atoms with Crippen LogP contribution in [0.2, 0.25) is 0 Å². The van der Waals surface area contributed by atoms with Gasteiger partial charge in [0.25, 0.3) is 0 Å². The van der Waals surface area contributed by atoms with E-state index in [1.165, 1.54) is 13.8 Å². The van der Waals surface area contributed by atoms with Crippen LogP contribution in [0.1, 0.15) is 40.5 Å². The molecule has 0 fully saturated rings.